The van der Waals surface area contributed by atoms with Crippen molar-refractivity contribution in [1.82, 2.24) is 20.1 Å². The summed E-state index contributed by atoms with van der Waals surface area (Å²) in [7, 11) is 0. The zero-order valence-corrected chi connectivity index (χ0v) is 17.3. The predicted octanol–water partition coefficient (Wildman–Crippen LogP) is 4.12. The van der Waals surface area contributed by atoms with Gasteiger partial charge in [0.05, 0.1) is 5.39 Å². The lowest BCUT2D eigenvalue weighted by atomic mass is 10.0. The van der Waals surface area contributed by atoms with Crippen molar-refractivity contribution in [2.45, 2.75) is 44.4 Å². The highest BCUT2D eigenvalue weighted by molar-refractivity contribution is 5.87. The number of rotatable bonds is 6. The van der Waals surface area contributed by atoms with Crippen LogP contribution in [-0.2, 0) is 11.2 Å². The summed E-state index contributed by atoms with van der Waals surface area (Å²) in [5, 5.41) is 11.9. The first-order chi connectivity index (χ1) is 14.8. The van der Waals surface area contributed by atoms with Crippen LogP contribution in [0, 0.1) is 5.92 Å². The van der Waals surface area contributed by atoms with E-state index in [-0.39, 0.29) is 5.92 Å². The molecular weight excluding hydrogens is 374 g/mol. The van der Waals surface area contributed by atoms with Gasteiger partial charge in [-0.3, -0.25) is 9.89 Å². The quantitative estimate of drug-likeness (QED) is 0.649. The number of hydrogen-bond acceptors (Lipinski definition) is 4. The lowest BCUT2D eigenvalue weighted by Crippen LogP contribution is -2.33. The van der Waals surface area contributed by atoms with E-state index in [2.05, 4.69) is 56.8 Å². The molecule has 1 aliphatic heterocycles. The van der Waals surface area contributed by atoms with Crippen molar-refractivity contribution in [2.24, 2.45) is 5.92 Å². The number of nitrogens with one attached hydrogen (secondary N) is 2. The minimum Gasteiger partial charge on any atom is -0.368 e. The second-order valence-corrected chi connectivity index (χ2v) is 8.62. The Morgan fingerprint density at radius 2 is 1.93 bits per heavy atom. The van der Waals surface area contributed by atoms with Gasteiger partial charge in [0.15, 0.2) is 11.5 Å². The molecule has 1 atom stereocenters. The zero-order chi connectivity index (χ0) is 20.3. The molecule has 0 bridgehead atoms. The fourth-order valence-corrected chi connectivity index (χ4v) is 4.88. The molecule has 0 spiro atoms. The summed E-state index contributed by atoms with van der Waals surface area (Å²) in [4.78, 5) is 19.6. The average molecular weight is 404 g/mol. The van der Waals surface area contributed by atoms with Crippen LogP contribution in [0.1, 0.15) is 49.3 Å². The molecule has 6 heteroatoms. The van der Waals surface area contributed by atoms with Gasteiger partial charge in [0, 0.05) is 37.2 Å². The van der Waals surface area contributed by atoms with Crippen molar-refractivity contribution < 1.29 is 4.79 Å². The normalized spacial score (nSPS) is 19.6. The molecule has 1 saturated heterocycles. The Morgan fingerprint density at radius 1 is 1.10 bits per heavy atom. The van der Waals surface area contributed by atoms with E-state index in [1.807, 2.05) is 6.07 Å². The minimum atomic E-state index is 0.260. The number of hydrogen-bond donors (Lipinski definition) is 2. The van der Waals surface area contributed by atoms with E-state index in [4.69, 9.17) is 4.98 Å². The molecule has 3 aromatic rings. The molecule has 1 saturated carbocycles. The van der Waals surface area contributed by atoms with Crippen molar-refractivity contribution in [3.05, 3.63) is 53.7 Å². The maximum absolute atomic E-state index is 12.7. The van der Waals surface area contributed by atoms with Gasteiger partial charge in [0.25, 0.3) is 0 Å². The number of benzene rings is 1. The topological polar surface area (TPSA) is 73.9 Å². The highest BCUT2D eigenvalue weighted by Gasteiger charge is 2.33. The number of carbonyl (C=O) groups is 1. The third-order valence-corrected chi connectivity index (χ3v) is 6.62. The smallest absolute Gasteiger partial charge is 0.225 e. The highest BCUT2D eigenvalue weighted by Crippen LogP contribution is 2.32. The van der Waals surface area contributed by atoms with Gasteiger partial charge < -0.3 is 10.2 Å². The number of pyridine rings is 1. The molecule has 6 nitrogen and oxygen atoms in total. The monoisotopic (exact) mass is 403 g/mol. The fraction of sp³-hybridized carbons (Fsp3) is 0.458. The van der Waals surface area contributed by atoms with Crippen LogP contribution in [0.5, 0.6) is 0 Å². The molecule has 30 heavy (non-hydrogen) atoms. The Hall–Kier alpha value is -2.89. The molecule has 2 fully saturated rings. The van der Waals surface area contributed by atoms with E-state index in [9.17, 15) is 4.79 Å². The number of carbonyl (C=O) groups excluding carboxylic acids is 1. The van der Waals surface area contributed by atoms with E-state index >= 15 is 0 Å². The summed E-state index contributed by atoms with van der Waals surface area (Å²) in [6.07, 6.45) is 6.48. The van der Waals surface area contributed by atoms with E-state index in [0.29, 0.717) is 11.8 Å². The van der Waals surface area contributed by atoms with Crippen molar-refractivity contribution in [3.63, 3.8) is 0 Å². The number of fused-ring (bicyclic) bond motifs is 1. The summed E-state index contributed by atoms with van der Waals surface area (Å²) in [5.41, 5.74) is 3.18. The van der Waals surface area contributed by atoms with Gasteiger partial charge in [-0.2, -0.15) is 5.10 Å². The molecule has 2 aromatic heterocycles. The van der Waals surface area contributed by atoms with Crippen LogP contribution >= 0.6 is 0 Å². The molecule has 1 amide bonds. The van der Waals surface area contributed by atoms with Gasteiger partial charge in [-0.1, -0.05) is 43.2 Å². The Morgan fingerprint density at radius 3 is 2.77 bits per heavy atom. The highest BCUT2D eigenvalue weighted by atomic mass is 16.2. The molecule has 1 unspecified atom stereocenters. The first-order valence-corrected chi connectivity index (χ1v) is 11.2. The lowest BCUT2D eigenvalue weighted by Gasteiger charge is -2.20. The van der Waals surface area contributed by atoms with Gasteiger partial charge in [-0.05, 0) is 43.4 Å². The van der Waals surface area contributed by atoms with Gasteiger partial charge in [0.2, 0.25) is 5.91 Å². The lowest BCUT2D eigenvalue weighted by molar-refractivity contribution is -0.134. The second kappa shape index (κ2) is 8.46. The largest absolute Gasteiger partial charge is 0.368 e. The van der Waals surface area contributed by atoms with Crippen LogP contribution in [0.2, 0.25) is 0 Å². The molecule has 2 N–H and O–H groups in total. The van der Waals surface area contributed by atoms with Crippen molar-refractivity contribution in [2.75, 3.05) is 25.0 Å². The number of aromatic amines is 1. The molecule has 3 heterocycles. The Balaban J connectivity index is 1.22. The number of anilines is 1. The Kier molecular flexibility index (Phi) is 5.39. The summed E-state index contributed by atoms with van der Waals surface area (Å²) < 4.78 is 0. The standard InChI is InChI=1S/C24H29N5O/c30-24(18-8-4-5-9-18)29-15-13-19(16-29)21-11-10-20-22(27-28-23(20)26-21)25-14-12-17-6-2-1-3-7-17/h1-3,6-7,10-11,18-19H,4-5,8-9,12-16H2,(H2,25,26,27,28). The predicted molar refractivity (Wildman–Crippen MR) is 118 cm³/mol. The van der Waals surface area contributed by atoms with Gasteiger partial charge in [-0.15, -0.1) is 0 Å². The Bertz CT molecular complexity index is 1010. The van der Waals surface area contributed by atoms with E-state index in [1.54, 1.807) is 0 Å². The van der Waals surface area contributed by atoms with Crippen LogP contribution in [0.3, 0.4) is 0 Å². The molecule has 2 aliphatic rings. The average Bonchev–Trinajstić information content (AvgIpc) is 3.54. The van der Waals surface area contributed by atoms with Crippen LogP contribution in [0.15, 0.2) is 42.5 Å². The van der Waals surface area contributed by atoms with Gasteiger partial charge >= 0.3 is 0 Å². The van der Waals surface area contributed by atoms with Crippen LogP contribution in [0.25, 0.3) is 11.0 Å². The molecule has 5 rings (SSSR count). The molecule has 0 radical (unpaired) electrons. The summed E-state index contributed by atoms with van der Waals surface area (Å²) in [6, 6.07) is 14.7. The van der Waals surface area contributed by atoms with Crippen LogP contribution in [-0.4, -0.2) is 45.6 Å². The van der Waals surface area contributed by atoms with Crippen molar-refractivity contribution >= 4 is 22.8 Å². The number of likely N-dealkylation sites (tertiary alicyclic amines) is 1. The third kappa shape index (κ3) is 3.91. The van der Waals surface area contributed by atoms with E-state index in [1.165, 1.54) is 18.4 Å². The molecular formula is C24H29N5O. The second-order valence-electron chi connectivity index (χ2n) is 8.62. The van der Waals surface area contributed by atoms with Gasteiger partial charge in [0.1, 0.15) is 0 Å². The number of nitrogens with zero attached hydrogens (tertiary/aromatic N) is 3. The number of amides is 1. The van der Waals surface area contributed by atoms with Crippen LogP contribution in [0.4, 0.5) is 5.82 Å². The van der Waals surface area contributed by atoms with E-state index in [0.717, 1.165) is 67.9 Å². The summed E-state index contributed by atoms with van der Waals surface area (Å²) in [5.74, 6) is 1.79. The van der Waals surface area contributed by atoms with Crippen LogP contribution < -0.4 is 5.32 Å². The fourth-order valence-electron chi connectivity index (χ4n) is 4.88. The molecule has 1 aliphatic carbocycles. The maximum Gasteiger partial charge on any atom is 0.225 e. The maximum atomic E-state index is 12.7. The zero-order valence-electron chi connectivity index (χ0n) is 17.3. The first kappa shape index (κ1) is 19.1. The Labute approximate surface area is 177 Å². The minimum absolute atomic E-state index is 0.260. The molecule has 1 aromatic carbocycles. The van der Waals surface area contributed by atoms with Crippen molar-refractivity contribution in [3.8, 4) is 0 Å². The third-order valence-electron chi connectivity index (χ3n) is 6.62. The summed E-state index contributed by atoms with van der Waals surface area (Å²) >= 11 is 0. The number of H-pyrrole nitrogens is 1. The van der Waals surface area contributed by atoms with Crippen molar-refractivity contribution in [1.29, 1.82) is 0 Å². The van der Waals surface area contributed by atoms with Gasteiger partial charge in [-0.25, -0.2) is 4.98 Å². The number of aromatic nitrogens is 3. The molecule has 156 valence electrons. The first-order valence-electron chi connectivity index (χ1n) is 11.2. The summed E-state index contributed by atoms with van der Waals surface area (Å²) in [6.45, 7) is 2.48. The SMILES string of the molecule is O=C(C1CCCC1)N1CCC(c2ccc3c(NCCc4ccccc4)n[nH]c3n2)C1. The van der Waals surface area contributed by atoms with E-state index < -0.39 is 0 Å².